The van der Waals surface area contributed by atoms with E-state index in [-0.39, 0.29) is 12.2 Å². The van der Waals surface area contributed by atoms with E-state index in [4.69, 9.17) is 4.74 Å². The third-order valence-electron chi connectivity index (χ3n) is 3.48. The van der Waals surface area contributed by atoms with Crippen molar-refractivity contribution >= 4 is 21.6 Å². The molecule has 1 amide bonds. The lowest BCUT2D eigenvalue weighted by atomic mass is 10.2. The predicted octanol–water partition coefficient (Wildman–Crippen LogP) is 1.92. The normalized spacial score (nSPS) is 11.0. The number of methoxy groups -OCH3 is 1. The van der Waals surface area contributed by atoms with Crippen molar-refractivity contribution in [3.05, 3.63) is 59.9 Å². The van der Waals surface area contributed by atoms with Crippen LogP contribution in [0.4, 0.5) is 10.1 Å². The highest BCUT2D eigenvalue weighted by Gasteiger charge is 2.23. The molecular formula is C17H19FN2O4S. The third kappa shape index (κ3) is 4.93. The van der Waals surface area contributed by atoms with Gasteiger partial charge in [0.1, 0.15) is 18.1 Å². The number of nitrogens with zero attached hydrogens (tertiary/aromatic N) is 1. The smallest absolute Gasteiger partial charge is 0.241 e. The van der Waals surface area contributed by atoms with Crippen LogP contribution in [0.2, 0.25) is 0 Å². The van der Waals surface area contributed by atoms with Gasteiger partial charge in [-0.15, -0.1) is 0 Å². The maximum absolute atomic E-state index is 13.9. The van der Waals surface area contributed by atoms with Crippen molar-refractivity contribution in [2.24, 2.45) is 0 Å². The first-order chi connectivity index (χ1) is 11.8. The van der Waals surface area contributed by atoms with Crippen molar-refractivity contribution in [2.75, 3.05) is 24.2 Å². The number of hydrogen-bond acceptors (Lipinski definition) is 4. The third-order valence-corrected chi connectivity index (χ3v) is 4.60. The average Bonchev–Trinajstić information content (AvgIpc) is 2.58. The number of para-hydroxylation sites is 2. The van der Waals surface area contributed by atoms with Crippen LogP contribution < -0.4 is 14.4 Å². The summed E-state index contributed by atoms with van der Waals surface area (Å²) in [6, 6.07) is 12.5. The molecule has 0 radical (unpaired) electrons. The van der Waals surface area contributed by atoms with E-state index < -0.39 is 28.3 Å². The molecule has 0 aliphatic carbocycles. The van der Waals surface area contributed by atoms with Gasteiger partial charge >= 0.3 is 0 Å². The summed E-state index contributed by atoms with van der Waals surface area (Å²) in [6.45, 7) is -0.355. The summed E-state index contributed by atoms with van der Waals surface area (Å²) < 4.78 is 43.7. The molecule has 25 heavy (non-hydrogen) atoms. The number of ether oxygens (including phenoxy) is 1. The fraction of sp³-hybridized carbons (Fsp3) is 0.235. The number of hydrogen-bond donors (Lipinski definition) is 1. The lowest BCUT2D eigenvalue weighted by Crippen LogP contribution is -2.40. The topological polar surface area (TPSA) is 75.7 Å². The Kier molecular flexibility index (Phi) is 5.97. The number of amides is 1. The molecule has 0 saturated heterocycles. The van der Waals surface area contributed by atoms with E-state index in [9.17, 15) is 17.6 Å². The zero-order valence-corrected chi connectivity index (χ0v) is 14.7. The van der Waals surface area contributed by atoms with E-state index in [1.807, 2.05) is 0 Å². The molecule has 0 fully saturated rings. The lowest BCUT2D eigenvalue weighted by molar-refractivity contribution is -0.119. The first kappa shape index (κ1) is 18.7. The molecular weight excluding hydrogens is 347 g/mol. The molecule has 0 atom stereocenters. The van der Waals surface area contributed by atoms with Crippen LogP contribution >= 0.6 is 0 Å². The molecule has 2 rings (SSSR count). The first-order valence-electron chi connectivity index (χ1n) is 7.43. The second-order valence-electron chi connectivity index (χ2n) is 5.31. The van der Waals surface area contributed by atoms with Crippen molar-refractivity contribution in [2.45, 2.75) is 6.54 Å². The summed E-state index contributed by atoms with van der Waals surface area (Å²) in [7, 11) is -2.31. The SMILES string of the molecule is COc1ccccc1CNC(=O)CN(c1ccccc1F)S(C)(=O)=O. The van der Waals surface area contributed by atoms with Crippen LogP contribution in [0.25, 0.3) is 0 Å². The van der Waals surface area contributed by atoms with Crippen LogP contribution in [0.3, 0.4) is 0 Å². The van der Waals surface area contributed by atoms with E-state index in [0.717, 1.165) is 22.2 Å². The molecule has 0 unspecified atom stereocenters. The molecule has 1 N–H and O–H groups in total. The Balaban J connectivity index is 2.12. The van der Waals surface area contributed by atoms with Gasteiger partial charge in [0.05, 0.1) is 19.1 Å². The minimum absolute atomic E-state index is 0.164. The molecule has 0 saturated carbocycles. The van der Waals surface area contributed by atoms with E-state index in [2.05, 4.69) is 5.32 Å². The van der Waals surface area contributed by atoms with Gasteiger partial charge in [0.15, 0.2) is 0 Å². The van der Waals surface area contributed by atoms with Crippen molar-refractivity contribution in [3.63, 3.8) is 0 Å². The van der Waals surface area contributed by atoms with Gasteiger partial charge in [-0.05, 0) is 18.2 Å². The van der Waals surface area contributed by atoms with Gasteiger partial charge in [-0.25, -0.2) is 12.8 Å². The van der Waals surface area contributed by atoms with Gasteiger partial charge in [-0.2, -0.15) is 0 Å². The quantitative estimate of drug-likeness (QED) is 0.812. The maximum atomic E-state index is 13.9. The number of anilines is 1. The van der Waals surface area contributed by atoms with Gasteiger partial charge < -0.3 is 10.1 Å². The first-order valence-corrected chi connectivity index (χ1v) is 9.28. The number of carbonyl (C=O) groups is 1. The molecule has 0 spiro atoms. The number of benzene rings is 2. The second-order valence-corrected chi connectivity index (χ2v) is 7.22. The van der Waals surface area contributed by atoms with Gasteiger partial charge in [-0.1, -0.05) is 30.3 Å². The van der Waals surface area contributed by atoms with Crippen LogP contribution in [0.5, 0.6) is 5.75 Å². The molecule has 2 aromatic carbocycles. The zero-order valence-electron chi connectivity index (χ0n) is 13.9. The largest absolute Gasteiger partial charge is 0.496 e. The Morgan fingerprint density at radius 2 is 1.80 bits per heavy atom. The number of sulfonamides is 1. The fourth-order valence-corrected chi connectivity index (χ4v) is 3.12. The summed E-state index contributed by atoms with van der Waals surface area (Å²) in [5, 5.41) is 2.62. The minimum atomic E-state index is -3.82. The summed E-state index contributed by atoms with van der Waals surface area (Å²) in [5.74, 6) is -0.665. The van der Waals surface area contributed by atoms with Gasteiger partial charge in [0.25, 0.3) is 0 Å². The summed E-state index contributed by atoms with van der Waals surface area (Å²) in [6.07, 6.45) is 0.924. The van der Waals surface area contributed by atoms with Crippen LogP contribution in [0, 0.1) is 5.82 Å². The fourth-order valence-electron chi connectivity index (χ4n) is 2.26. The van der Waals surface area contributed by atoms with E-state index in [0.29, 0.717) is 5.75 Å². The summed E-state index contributed by atoms with van der Waals surface area (Å²) in [5.41, 5.74) is 0.576. The van der Waals surface area contributed by atoms with Gasteiger partial charge in [0.2, 0.25) is 15.9 Å². The Morgan fingerprint density at radius 1 is 1.16 bits per heavy atom. The Hall–Kier alpha value is -2.61. The monoisotopic (exact) mass is 366 g/mol. The minimum Gasteiger partial charge on any atom is -0.496 e. The summed E-state index contributed by atoms with van der Waals surface area (Å²) in [4.78, 5) is 12.2. The van der Waals surface area contributed by atoms with Crippen LogP contribution in [-0.4, -0.2) is 34.2 Å². The highest BCUT2D eigenvalue weighted by Crippen LogP contribution is 2.21. The van der Waals surface area contributed by atoms with Crippen LogP contribution in [0.15, 0.2) is 48.5 Å². The Labute approximate surface area is 146 Å². The Bertz CT molecular complexity index is 855. The molecule has 134 valence electrons. The number of nitrogens with one attached hydrogen (secondary N) is 1. The van der Waals surface area contributed by atoms with Crippen LogP contribution in [-0.2, 0) is 21.4 Å². The molecule has 2 aromatic rings. The number of halogens is 1. The van der Waals surface area contributed by atoms with E-state index in [1.54, 1.807) is 24.3 Å². The van der Waals surface area contributed by atoms with Crippen LogP contribution in [0.1, 0.15) is 5.56 Å². The maximum Gasteiger partial charge on any atom is 0.241 e. The molecule has 0 aliphatic rings. The standard InChI is InChI=1S/C17H19FN2O4S/c1-24-16-10-6-3-7-13(16)11-19-17(21)12-20(25(2,22)23)15-9-5-4-8-14(15)18/h3-10H,11-12H2,1-2H3,(H,19,21). The zero-order chi connectivity index (χ0) is 18.4. The average molecular weight is 366 g/mol. The molecule has 0 aliphatic heterocycles. The lowest BCUT2D eigenvalue weighted by Gasteiger charge is -2.22. The van der Waals surface area contributed by atoms with Gasteiger partial charge in [0, 0.05) is 12.1 Å². The Morgan fingerprint density at radius 3 is 2.44 bits per heavy atom. The summed E-state index contributed by atoms with van der Waals surface area (Å²) >= 11 is 0. The highest BCUT2D eigenvalue weighted by molar-refractivity contribution is 7.92. The van der Waals surface area contributed by atoms with Crippen molar-refractivity contribution in [1.29, 1.82) is 0 Å². The highest BCUT2D eigenvalue weighted by atomic mass is 32.2. The molecule has 0 heterocycles. The van der Waals surface area contributed by atoms with E-state index >= 15 is 0 Å². The van der Waals surface area contributed by atoms with E-state index in [1.165, 1.54) is 25.3 Å². The van der Waals surface area contributed by atoms with Crippen molar-refractivity contribution in [1.82, 2.24) is 5.32 Å². The molecule has 6 nitrogen and oxygen atoms in total. The van der Waals surface area contributed by atoms with Gasteiger partial charge in [-0.3, -0.25) is 9.10 Å². The van der Waals surface area contributed by atoms with Crippen molar-refractivity contribution < 1.29 is 22.3 Å². The second kappa shape index (κ2) is 7.98. The number of carbonyl (C=O) groups excluding carboxylic acids is 1. The molecule has 0 bridgehead atoms. The predicted molar refractivity (Wildman–Crippen MR) is 93.4 cm³/mol. The molecule has 0 aromatic heterocycles. The number of rotatable bonds is 7. The van der Waals surface area contributed by atoms with Crippen molar-refractivity contribution in [3.8, 4) is 5.75 Å². The molecule has 8 heteroatoms.